The Balaban J connectivity index is 1.66. The highest BCUT2D eigenvalue weighted by Gasteiger charge is 2.30. The second-order valence-electron chi connectivity index (χ2n) is 12.5. The predicted octanol–water partition coefficient (Wildman–Crippen LogP) is 2.45. The number of benzene rings is 2. The Morgan fingerprint density at radius 2 is 1.54 bits per heavy atom. The molecule has 2 aromatic carbocycles. The van der Waals surface area contributed by atoms with Crippen LogP contribution in [0.2, 0.25) is 0 Å². The lowest BCUT2D eigenvalue weighted by molar-refractivity contribution is -0.134. The van der Waals surface area contributed by atoms with Gasteiger partial charge in [-0.15, -0.1) is 0 Å². The molecule has 3 N–H and O–H groups in total. The van der Waals surface area contributed by atoms with Crippen molar-refractivity contribution < 1.29 is 28.7 Å². The van der Waals surface area contributed by atoms with Gasteiger partial charge in [0, 0.05) is 50.5 Å². The van der Waals surface area contributed by atoms with Crippen LogP contribution in [-0.2, 0) is 36.9 Å². The van der Waals surface area contributed by atoms with Gasteiger partial charge in [0.2, 0.25) is 5.91 Å². The minimum Gasteiger partial charge on any atom is -0.379 e. The minimum atomic E-state index is -1.06. The van der Waals surface area contributed by atoms with Crippen molar-refractivity contribution in [1.82, 2.24) is 31.3 Å². The number of rotatable bonds is 15. The number of nitrogens with one attached hydrogen (secondary N) is 3. The fourth-order valence-corrected chi connectivity index (χ4v) is 5.01. The lowest BCUT2D eigenvalue weighted by Gasteiger charge is -2.31. The maximum atomic E-state index is 13.7. The topological polar surface area (TPSA) is 152 Å². The molecule has 0 aliphatic carbocycles. The molecule has 46 heavy (non-hydrogen) atoms. The third kappa shape index (κ3) is 12.6. The first-order valence-corrected chi connectivity index (χ1v) is 15.7. The number of carbonyl (C=O) groups is 5. The van der Waals surface area contributed by atoms with Gasteiger partial charge < -0.3 is 15.0 Å². The SMILES string of the molecule is CC(C)(C)C(=O)CC(Cc1ccccc1)C(=O)NCC(=O)NN(CC([NH])=O)C(=O)N(CCCN1CCOCC1)Cc1ccccc1. The molecule has 5 amide bonds. The van der Waals surface area contributed by atoms with E-state index < -0.39 is 48.2 Å². The van der Waals surface area contributed by atoms with Crippen molar-refractivity contribution >= 4 is 29.5 Å². The van der Waals surface area contributed by atoms with Gasteiger partial charge in [0.05, 0.1) is 19.8 Å². The van der Waals surface area contributed by atoms with Crippen molar-refractivity contribution in [2.45, 2.75) is 46.6 Å². The van der Waals surface area contributed by atoms with Crippen LogP contribution in [0.15, 0.2) is 60.7 Å². The van der Waals surface area contributed by atoms with Crippen molar-refractivity contribution in [3.8, 4) is 0 Å². The maximum Gasteiger partial charge on any atom is 0.339 e. The molecule has 1 unspecified atom stereocenters. The van der Waals surface area contributed by atoms with E-state index in [2.05, 4.69) is 15.6 Å². The Bertz CT molecular complexity index is 1290. The summed E-state index contributed by atoms with van der Waals surface area (Å²) in [7, 11) is 0. The molecular formula is C34H47N6O6. The first-order valence-electron chi connectivity index (χ1n) is 15.7. The van der Waals surface area contributed by atoms with Gasteiger partial charge in [-0.05, 0) is 24.0 Å². The number of morpholine rings is 1. The molecule has 0 aromatic heterocycles. The molecule has 3 rings (SSSR count). The van der Waals surface area contributed by atoms with Crippen LogP contribution in [0.5, 0.6) is 0 Å². The van der Waals surface area contributed by atoms with Gasteiger partial charge in [0.15, 0.2) is 0 Å². The molecule has 1 saturated heterocycles. The standard InChI is InChI=1S/C34H47N6O6/c1-34(2,3)29(41)22-28(21-26-11-6-4-7-12-26)32(44)36-23-31(43)37-40(25-30(35)42)33(45)39(24-27-13-8-5-9-14-27)16-10-15-38-17-19-46-20-18-38/h4-9,11-14,28,35H,10,15-25H2,1-3H3,(H,36,44)(H,37,43). The van der Waals surface area contributed by atoms with Gasteiger partial charge in [-0.1, -0.05) is 81.4 Å². The number of amides is 5. The van der Waals surface area contributed by atoms with E-state index in [0.29, 0.717) is 32.6 Å². The summed E-state index contributed by atoms with van der Waals surface area (Å²) in [5.41, 5.74) is 11.0. The van der Waals surface area contributed by atoms with Crippen molar-refractivity contribution in [3.63, 3.8) is 0 Å². The summed E-state index contributed by atoms with van der Waals surface area (Å²) < 4.78 is 5.41. The van der Waals surface area contributed by atoms with E-state index in [4.69, 9.17) is 10.5 Å². The number of nitrogens with zero attached hydrogens (tertiary/aromatic N) is 3. The average molecular weight is 636 g/mol. The molecule has 1 aliphatic rings. The van der Waals surface area contributed by atoms with Crippen molar-refractivity contribution in [3.05, 3.63) is 71.8 Å². The summed E-state index contributed by atoms with van der Waals surface area (Å²) in [6.45, 7) is 8.51. The number of urea groups is 1. The molecule has 1 aliphatic heterocycles. The number of Topliss-reactive ketones (excluding diaryl/α,β-unsaturated/α-hetero) is 1. The molecule has 12 heteroatoms. The largest absolute Gasteiger partial charge is 0.379 e. The average Bonchev–Trinajstić information content (AvgIpc) is 3.03. The monoisotopic (exact) mass is 635 g/mol. The summed E-state index contributed by atoms with van der Waals surface area (Å²) in [4.78, 5) is 68.4. The van der Waals surface area contributed by atoms with Gasteiger partial charge in [0.25, 0.3) is 11.8 Å². The van der Waals surface area contributed by atoms with Gasteiger partial charge in [0.1, 0.15) is 12.3 Å². The summed E-state index contributed by atoms with van der Waals surface area (Å²) >= 11 is 0. The zero-order valence-corrected chi connectivity index (χ0v) is 27.1. The van der Waals surface area contributed by atoms with Crippen LogP contribution in [0.1, 0.15) is 44.7 Å². The van der Waals surface area contributed by atoms with Crippen LogP contribution in [-0.4, -0.2) is 96.8 Å². The zero-order valence-electron chi connectivity index (χ0n) is 27.1. The third-order valence-corrected chi connectivity index (χ3v) is 7.67. The first-order chi connectivity index (χ1) is 21.9. The Morgan fingerprint density at radius 1 is 0.935 bits per heavy atom. The number of hydrazine groups is 1. The number of ketones is 1. The number of hydrogen-bond donors (Lipinski definition) is 2. The van der Waals surface area contributed by atoms with Gasteiger partial charge in [-0.25, -0.2) is 9.80 Å². The second-order valence-corrected chi connectivity index (χ2v) is 12.5. The minimum absolute atomic E-state index is 0.00268. The normalized spacial score (nSPS) is 14.2. The van der Waals surface area contributed by atoms with E-state index in [1.807, 2.05) is 60.7 Å². The molecule has 0 saturated carbocycles. The lowest BCUT2D eigenvalue weighted by Crippen LogP contribution is -2.56. The van der Waals surface area contributed by atoms with Crippen LogP contribution in [0.25, 0.3) is 0 Å². The third-order valence-electron chi connectivity index (χ3n) is 7.67. The van der Waals surface area contributed by atoms with Crippen LogP contribution in [0, 0.1) is 11.3 Å². The predicted molar refractivity (Wildman–Crippen MR) is 173 cm³/mol. The molecule has 0 bridgehead atoms. The molecular weight excluding hydrogens is 588 g/mol. The highest BCUT2D eigenvalue weighted by Crippen LogP contribution is 2.22. The molecule has 0 spiro atoms. The smallest absolute Gasteiger partial charge is 0.339 e. The van der Waals surface area contributed by atoms with E-state index >= 15 is 0 Å². The molecule has 2 aromatic rings. The quantitative estimate of drug-likeness (QED) is 0.285. The van der Waals surface area contributed by atoms with E-state index in [1.165, 1.54) is 4.90 Å². The Labute approximate surface area is 271 Å². The van der Waals surface area contributed by atoms with Crippen LogP contribution >= 0.6 is 0 Å². The number of ether oxygens (including phenoxy) is 1. The maximum absolute atomic E-state index is 13.7. The summed E-state index contributed by atoms with van der Waals surface area (Å²) in [6, 6.07) is 18.0. The fraction of sp³-hybridized carbons (Fsp3) is 0.500. The molecule has 249 valence electrons. The first kappa shape index (κ1) is 36.2. The second kappa shape index (κ2) is 18.0. The van der Waals surface area contributed by atoms with E-state index in [-0.39, 0.29) is 18.7 Å². The molecule has 1 fully saturated rings. The zero-order chi connectivity index (χ0) is 33.5. The highest BCUT2D eigenvalue weighted by atomic mass is 16.5. The summed E-state index contributed by atoms with van der Waals surface area (Å²) in [5, 5.41) is 3.42. The highest BCUT2D eigenvalue weighted by molar-refractivity contribution is 5.92. The van der Waals surface area contributed by atoms with Gasteiger partial charge in [-0.3, -0.25) is 35.2 Å². The van der Waals surface area contributed by atoms with E-state index in [9.17, 15) is 24.0 Å². The van der Waals surface area contributed by atoms with E-state index in [1.54, 1.807) is 20.8 Å². The fourth-order valence-electron chi connectivity index (χ4n) is 5.01. The van der Waals surface area contributed by atoms with Crippen molar-refractivity contribution in [1.29, 1.82) is 0 Å². The Hall–Kier alpha value is -4.29. The van der Waals surface area contributed by atoms with Crippen LogP contribution in [0.3, 0.4) is 0 Å². The molecule has 12 nitrogen and oxygen atoms in total. The van der Waals surface area contributed by atoms with Crippen LogP contribution in [0.4, 0.5) is 4.79 Å². The molecule has 1 atom stereocenters. The summed E-state index contributed by atoms with van der Waals surface area (Å²) in [6.07, 6.45) is 0.969. The molecule has 1 heterocycles. The van der Waals surface area contributed by atoms with E-state index in [0.717, 1.165) is 35.8 Å². The van der Waals surface area contributed by atoms with Gasteiger partial charge in [-0.2, -0.15) is 0 Å². The number of carbonyl (C=O) groups excluding carboxylic acids is 5. The Morgan fingerprint density at radius 3 is 2.13 bits per heavy atom. The number of hydrogen-bond acceptors (Lipinski definition) is 7. The van der Waals surface area contributed by atoms with Crippen molar-refractivity contribution in [2.24, 2.45) is 11.3 Å². The summed E-state index contributed by atoms with van der Waals surface area (Å²) in [5.74, 6) is -3.06. The molecule has 1 radical (unpaired) electrons. The van der Waals surface area contributed by atoms with Crippen molar-refractivity contribution in [2.75, 3.05) is 52.5 Å². The van der Waals surface area contributed by atoms with Gasteiger partial charge >= 0.3 is 6.03 Å². The Kier molecular flexibility index (Phi) is 14.2. The van der Waals surface area contributed by atoms with Crippen LogP contribution < -0.4 is 16.5 Å². The lowest BCUT2D eigenvalue weighted by atomic mass is 9.83.